The summed E-state index contributed by atoms with van der Waals surface area (Å²) in [5, 5.41) is 5.65. The van der Waals surface area contributed by atoms with Crippen LogP contribution in [0.3, 0.4) is 0 Å². The van der Waals surface area contributed by atoms with E-state index in [1.54, 1.807) is 0 Å². The molecule has 2 N–H and O–H groups in total. The lowest BCUT2D eigenvalue weighted by Gasteiger charge is -2.19. The first kappa shape index (κ1) is 15.4. The summed E-state index contributed by atoms with van der Waals surface area (Å²) in [7, 11) is 0. The predicted octanol–water partition coefficient (Wildman–Crippen LogP) is 2.19. The number of fused-ring (bicyclic) bond motifs is 2. The molecule has 0 radical (unpaired) electrons. The van der Waals surface area contributed by atoms with Crippen LogP contribution < -0.4 is 29.6 Å². The van der Waals surface area contributed by atoms with Gasteiger partial charge in [0.1, 0.15) is 13.2 Å². The molecular weight excluding hydrogens is 324 g/mol. The molecule has 2 aliphatic rings. The molecule has 0 fully saturated rings. The summed E-state index contributed by atoms with van der Waals surface area (Å²) in [4.78, 5) is 12.0. The van der Waals surface area contributed by atoms with Gasteiger partial charge in [-0.2, -0.15) is 0 Å². The Morgan fingerprint density at radius 1 is 0.760 bits per heavy atom. The average molecular weight is 342 g/mol. The fourth-order valence-corrected chi connectivity index (χ4v) is 2.68. The standard InChI is InChI=1S/C18H18N2O5/c21-18(20-10-13-2-4-15-17(8-13)25-11-24-15)19-9-12-1-3-14-16(7-12)23-6-5-22-14/h1-4,7-8H,5-6,9-11H2,(H2,19,20,21). The number of urea groups is 1. The minimum absolute atomic E-state index is 0.238. The number of carbonyl (C=O) groups excluding carboxylic acids is 1. The Balaban J connectivity index is 1.28. The molecule has 25 heavy (non-hydrogen) atoms. The summed E-state index contributed by atoms with van der Waals surface area (Å²) >= 11 is 0. The smallest absolute Gasteiger partial charge is 0.315 e. The number of hydrogen-bond acceptors (Lipinski definition) is 5. The highest BCUT2D eigenvalue weighted by molar-refractivity contribution is 5.73. The molecule has 7 nitrogen and oxygen atoms in total. The molecule has 130 valence electrons. The molecule has 0 unspecified atom stereocenters. The highest BCUT2D eigenvalue weighted by Crippen LogP contribution is 2.32. The average Bonchev–Trinajstić information content (AvgIpc) is 3.12. The van der Waals surface area contributed by atoms with E-state index in [9.17, 15) is 4.79 Å². The van der Waals surface area contributed by atoms with Crippen molar-refractivity contribution in [2.75, 3.05) is 20.0 Å². The molecule has 7 heteroatoms. The number of nitrogens with one attached hydrogen (secondary N) is 2. The van der Waals surface area contributed by atoms with Crippen LogP contribution in [0.25, 0.3) is 0 Å². The van der Waals surface area contributed by atoms with Gasteiger partial charge >= 0.3 is 6.03 Å². The van der Waals surface area contributed by atoms with Gasteiger partial charge in [-0.3, -0.25) is 0 Å². The second kappa shape index (κ2) is 6.80. The summed E-state index contributed by atoms with van der Waals surface area (Å²) in [6, 6.07) is 11.0. The van der Waals surface area contributed by atoms with Crippen molar-refractivity contribution in [3.63, 3.8) is 0 Å². The maximum absolute atomic E-state index is 12.0. The summed E-state index contributed by atoms with van der Waals surface area (Å²) in [5.41, 5.74) is 1.89. The zero-order valence-corrected chi connectivity index (χ0v) is 13.5. The van der Waals surface area contributed by atoms with E-state index in [4.69, 9.17) is 18.9 Å². The lowest BCUT2D eigenvalue weighted by molar-refractivity contribution is 0.171. The van der Waals surface area contributed by atoms with Gasteiger partial charge in [0.05, 0.1) is 0 Å². The van der Waals surface area contributed by atoms with E-state index in [1.165, 1.54) is 0 Å². The first-order valence-corrected chi connectivity index (χ1v) is 8.07. The second-order valence-electron chi connectivity index (χ2n) is 5.70. The van der Waals surface area contributed by atoms with Crippen LogP contribution in [0.15, 0.2) is 36.4 Å². The fourth-order valence-electron chi connectivity index (χ4n) is 2.68. The van der Waals surface area contributed by atoms with E-state index in [-0.39, 0.29) is 12.8 Å². The number of amides is 2. The fraction of sp³-hybridized carbons (Fsp3) is 0.278. The molecule has 0 atom stereocenters. The molecule has 2 aromatic rings. The van der Waals surface area contributed by atoms with Crippen LogP contribution in [0.1, 0.15) is 11.1 Å². The largest absolute Gasteiger partial charge is 0.486 e. The summed E-state index contributed by atoms with van der Waals surface area (Å²) < 4.78 is 21.6. The quantitative estimate of drug-likeness (QED) is 0.890. The van der Waals surface area contributed by atoms with Gasteiger partial charge in [0, 0.05) is 13.1 Å². The van der Waals surface area contributed by atoms with Crippen LogP contribution in [-0.4, -0.2) is 26.0 Å². The van der Waals surface area contributed by atoms with Crippen LogP contribution in [-0.2, 0) is 13.1 Å². The first-order chi connectivity index (χ1) is 12.3. The summed E-state index contributed by atoms with van der Waals surface area (Å²) in [6.07, 6.45) is 0. The Labute approximate surface area is 144 Å². The Hall–Kier alpha value is -3.09. The minimum atomic E-state index is -0.243. The number of hydrogen-bond donors (Lipinski definition) is 2. The van der Waals surface area contributed by atoms with Crippen LogP contribution in [0.5, 0.6) is 23.0 Å². The minimum Gasteiger partial charge on any atom is -0.486 e. The van der Waals surface area contributed by atoms with Crippen LogP contribution >= 0.6 is 0 Å². The van der Waals surface area contributed by atoms with E-state index >= 15 is 0 Å². The van der Waals surface area contributed by atoms with Crippen molar-refractivity contribution in [3.05, 3.63) is 47.5 Å². The zero-order chi connectivity index (χ0) is 17.1. The molecule has 2 aromatic carbocycles. The molecule has 0 aromatic heterocycles. The number of ether oxygens (including phenoxy) is 4. The zero-order valence-electron chi connectivity index (χ0n) is 13.5. The topological polar surface area (TPSA) is 78.1 Å². The number of carbonyl (C=O) groups is 1. The van der Waals surface area contributed by atoms with E-state index in [2.05, 4.69) is 10.6 Å². The van der Waals surface area contributed by atoms with Crippen molar-refractivity contribution in [3.8, 4) is 23.0 Å². The Kier molecular flexibility index (Phi) is 4.20. The molecule has 2 amide bonds. The Morgan fingerprint density at radius 3 is 1.96 bits per heavy atom. The lowest BCUT2D eigenvalue weighted by atomic mass is 10.2. The first-order valence-electron chi connectivity index (χ1n) is 8.07. The lowest BCUT2D eigenvalue weighted by Crippen LogP contribution is -2.34. The van der Waals surface area contributed by atoms with E-state index in [0.717, 1.165) is 22.6 Å². The van der Waals surface area contributed by atoms with Crippen molar-refractivity contribution in [2.24, 2.45) is 0 Å². The second-order valence-corrected chi connectivity index (χ2v) is 5.70. The third kappa shape index (κ3) is 3.55. The van der Waals surface area contributed by atoms with Crippen molar-refractivity contribution in [1.82, 2.24) is 10.6 Å². The molecule has 2 aliphatic heterocycles. The Morgan fingerprint density at radius 2 is 1.28 bits per heavy atom. The van der Waals surface area contributed by atoms with Gasteiger partial charge in [-0.1, -0.05) is 12.1 Å². The SMILES string of the molecule is O=C(NCc1ccc2c(c1)OCCO2)NCc1ccc2c(c1)OCO2. The molecule has 0 spiro atoms. The Bertz CT molecular complexity index is 793. The third-order valence-electron chi connectivity index (χ3n) is 3.95. The van der Waals surface area contributed by atoms with Gasteiger partial charge in [-0.25, -0.2) is 4.79 Å². The van der Waals surface area contributed by atoms with Crippen LogP contribution in [0.2, 0.25) is 0 Å². The maximum Gasteiger partial charge on any atom is 0.315 e. The molecular formula is C18H18N2O5. The molecule has 0 aliphatic carbocycles. The normalized spacial score (nSPS) is 14.1. The number of benzene rings is 2. The monoisotopic (exact) mass is 342 g/mol. The van der Waals surface area contributed by atoms with Crippen LogP contribution in [0, 0.1) is 0 Å². The van der Waals surface area contributed by atoms with Gasteiger partial charge in [0.25, 0.3) is 0 Å². The van der Waals surface area contributed by atoms with Gasteiger partial charge in [-0.05, 0) is 35.4 Å². The molecule has 0 bridgehead atoms. The van der Waals surface area contributed by atoms with Gasteiger partial charge in [-0.15, -0.1) is 0 Å². The van der Waals surface area contributed by atoms with Crippen molar-refractivity contribution < 1.29 is 23.7 Å². The highest BCUT2D eigenvalue weighted by Gasteiger charge is 2.14. The van der Waals surface area contributed by atoms with E-state index < -0.39 is 0 Å². The van der Waals surface area contributed by atoms with E-state index in [1.807, 2.05) is 36.4 Å². The third-order valence-corrected chi connectivity index (χ3v) is 3.95. The van der Waals surface area contributed by atoms with Gasteiger partial charge in [0.15, 0.2) is 23.0 Å². The number of rotatable bonds is 4. The molecule has 4 rings (SSSR count). The van der Waals surface area contributed by atoms with Crippen LogP contribution in [0.4, 0.5) is 4.79 Å². The van der Waals surface area contributed by atoms with Crippen molar-refractivity contribution in [2.45, 2.75) is 13.1 Å². The molecule has 0 saturated heterocycles. The molecule has 0 saturated carbocycles. The molecule has 2 heterocycles. The van der Waals surface area contributed by atoms with E-state index in [0.29, 0.717) is 37.8 Å². The van der Waals surface area contributed by atoms with Crippen molar-refractivity contribution in [1.29, 1.82) is 0 Å². The van der Waals surface area contributed by atoms with Gasteiger partial charge < -0.3 is 29.6 Å². The summed E-state index contributed by atoms with van der Waals surface area (Å²) in [5.74, 6) is 2.89. The predicted molar refractivity (Wildman–Crippen MR) is 89.1 cm³/mol. The summed E-state index contributed by atoms with van der Waals surface area (Å²) in [6.45, 7) is 2.15. The maximum atomic E-state index is 12.0. The van der Waals surface area contributed by atoms with Crippen molar-refractivity contribution >= 4 is 6.03 Å². The highest BCUT2D eigenvalue weighted by atomic mass is 16.7. The van der Waals surface area contributed by atoms with Gasteiger partial charge in [0.2, 0.25) is 6.79 Å².